The van der Waals surface area contributed by atoms with Crippen LogP contribution in [0, 0.1) is 0 Å². The molecule has 0 aliphatic carbocycles. The molecule has 0 saturated heterocycles. The molecule has 0 radical (unpaired) electrons. The maximum atomic E-state index is 12.2. The van der Waals surface area contributed by atoms with E-state index in [1.54, 1.807) is 0 Å². The minimum atomic E-state index is -4.32. The van der Waals surface area contributed by atoms with E-state index < -0.39 is 12.7 Å². The summed E-state index contributed by atoms with van der Waals surface area (Å²) in [5.74, 6) is 0. The molecular formula is C8H13F3N4O. The van der Waals surface area contributed by atoms with Crippen LogP contribution in [0.1, 0.15) is 11.4 Å². The Balaban J connectivity index is 2.86. The number of hydrogen-bond acceptors (Lipinski definition) is 4. The number of nitrogens with two attached hydrogens (primary N) is 1. The molecule has 0 saturated carbocycles. The Hall–Kier alpha value is -1.15. The lowest BCUT2D eigenvalue weighted by atomic mass is 10.2. The Labute approximate surface area is 90.4 Å². The molecule has 8 heteroatoms. The summed E-state index contributed by atoms with van der Waals surface area (Å²) in [6, 6.07) is 0. The molecule has 1 aromatic rings. The number of alkyl halides is 3. The van der Waals surface area contributed by atoms with Crippen molar-refractivity contribution < 1.29 is 17.9 Å². The first-order valence-electron chi connectivity index (χ1n) is 4.65. The summed E-state index contributed by atoms with van der Waals surface area (Å²) in [6.07, 6.45) is -4.01. The summed E-state index contributed by atoms with van der Waals surface area (Å²) in [4.78, 5) is 0. The van der Waals surface area contributed by atoms with E-state index in [-0.39, 0.29) is 6.54 Å². The summed E-state index contributed by atoms with van der Waals surface area (Å²) in [6.45, 7) is -0.784. The van der Waals surface area contributed by atoms with Crippen molar-refractivity contribution in [2.45, 2.75) is 25.7 Å². The molecule has 0 aliphatic heterocycles. The molecule has 0 bridgehead atoms. The standard InChI is InChI=1S/C8H13F3N4O/c1-16-3-2-7-6(4-12)13-14-15(7)5-8(9,10)11/h2-5,12H2,1H3. The van der Waals surface area contributed by atoms with Crippen LogP contribution in [0.2, 0.25) is 0 Å². The number of ether oxygens (including phenoxy) is 1. The number of aromatic nitrogens is 3. The van der Waals surface area contributed by atoms with Crippen molar-refractivity contribution in [3.05, 3.63) is 11.4 Å². The molecule has 1 aromatic heterocycles. The molecule has 0 atom stereocenters. The van der Waals surface area contributed by atoms with Gasteiger partial charge in [0.15, 0.2) is 0 Å². The second kappa shape index (κ2) is 5.26. The van der Waals surface area contributed by atoms with Gasteiger partial charge < -0.3 is 10.5 Å². The lowest BCUT2D eigenvalue weighted by Crippen LogP contribution is -2.21. The van der Waals surface area contributed by atoms with Crippen LogP contribution in [0.5, 0.6) is 0 Å². The minimum absolute atomic E-state index is 0.0664. The van der Waals surface area contributed by atoms with Crippen LogP contribution < -0.4 is 5.73 Å². The average molecular weight is 238 g/mol. The topological polar surface area (TPSA) is 66.0 Å². The van der Waals surface area contributed by atoms with Gasteiger partial charge in [-0.1, -0.05) is 5.21 Å². The van der Waals surface area contributed by atoms with Crippen molar-refractivity contribution in [3.8, 4) is 0 Å². The number of rotatable bonds is 5. The van der Waals surface area contributed by atoms with E-state index >= 15 is 0 Å². The molecular weight excluding hydrogens is 225 g/mol. The molecule has 0 aromatic carbocycles. The average Bonchev–Trinajstić information content (AvgIpc) is 2.55. The molecule has 1 heterocycles. The monoisotopic (exact) mass is 238 g/mol. The number of halogens is 3. The van der Waals surface area contributed by atoms with Gasteiger partial charge >= 0.3 is 6.18 Å². The summed E-state index contributed by atoms with van der Waals surface area (Å²) < 4.78 is 42.2. The molecule has 2 N–H and O–H groups in total. The maximum Gasteiger partial charge on any atom is 0.408 e. The minimum Gasteiger partial charge on any atom is -0.384 e. The van der Waals surface area contributed by atoms with Crippen molar-refractivity contribution >= 4 is 0 Å². The Morgan fingerprint density at radius 2 is 2.12 bits per heavy atom. The van der Waals surface area contributed by atoms with Crippen molar-refractivity contribution in [1.29, 1.82) is 0 Å². The maximum absolute atomic E-state index is 12.2. The molecule has 16 heavy (non-hydrogen) atoms. The summed E-state index contributed by atoms with van der Waals surface area (Å²) in [5, 5.41) is 7.04. The third-order valence-electron chi connectivity index (χ3n) is 1.98. The number of nitrogens with zero attached hydrogens (tertiary/aromatic N) is 3. The van der Waals surface area contributed by atoms with Gasteiger partial charge in [0.25, 0.3) is 0 Å². The predicted molar refractivity (Wildman–Crippen MR) is 49.5 cm³/mol. The van der Waals surface area contributed by atoms with Crippen molar-refractivity contribution in [1.82, 2.24) is 15.0 Å². The Kier molecular flexibility index (Phi) is 4.25. The first-order chi connectivity index (χ1) is 7.48. The van der Waals surface area contributed by atoms with Crippen LogP contribution in [-0.2, 0) is 24.2 Å². The van der Waals surface area contributed by atoms with Gasteiger partial charge in [0.05, 0.1) is 18.0 Å². The molecule has 0 aliphatic rings. The summed E-state index contributed by atoms with van der Waals surface area (Å²) in [7, 11) is 1.47. The van der Waals surface area contributed by atoms with Gasteiger partial charge in [0.1, 0.15) is 6.54 Å². The molecule has 92 valence electrons. The van der Waals surface area contributed by atoms with Gasteiger partial charge in [0, 0.05) is 20.1 Å². The number of hydrogen-bond donors (Lipinski definition) is 1. The fraction of sp³-hybridized carbons (Fsp3) is 0.750. The fourth-order valence-electron chi connectivity index (χ4n) is 1.30. The van der Waals surface area contributed by atoms with E-state index in [0.717, 1.165) is 4.68 Å². The van der Waals surface area contributed by atoms with Gasteiger partial charge in [-0.15, -0.1) is 5.10 Å². The van der Waals surface area contributed by atoms with Gasteiger partial charge in [0.2, 0.25) is 0 Å². The highest BCUT2D eigenvalue weighted by Crippen LogP contribution is 2.19. The molecule has 0 fully saturated rings. The van der Waals surface area contributed by atoms with E-state index in [0.29, 0.717) is 24.4 Å². The normalized spacial score (nSPS) is 12.1. The highest BCUT2D eigenvalue weighted by molar-refractivity contribution is 5.10. The molecule has 5 nitrogen and oxygen atoms in total. The van der Waals surface area contributed by atoms with Gasteiger partial charge in [-0.25, -0.2) is 4.68 Å². The van der Waals surface area contributed by atoms with E-state index in [9.17, 15) is 13.2 Å². The van der Waals surface area contributed by atoms with Crippen LogP contribution in [0.15, 0.2) is 0 Å². The third-order valence-corrected chi connectivity index (χ3v) is 1.98. The van der Waals surface area contributed by atoms with E-state index in [2.05, 4.69) is 10.3 Å². The van der Waals surface area contributed by atoms with Gasteiger partial charge in [-0.05, 0) is 0 Å². The largest absolute Gasteiger partial charge is 0.408 e. The van der Waals surface area contributed by atoms with Crippen molar-refractivity contribution in [2.24, 2.45) is 5.73 Å². The van der Waals surface area contributed by atoms with Crippen LogP contribution in [0.4, 0.5) is 13.2 Å². The first-order valence-corrected chi connectivity index (χ1v) is 4.65. The number of methoxy groups -OCH3 is 1. The fourth-order valence-corrected chi connectivity index (χ4v) is 1.30. The van der Waals surface area contributed by atoms with Crippen LogP contribution in [0.25, 0.3) is 0 Å². The van der Waals surface area contributed by atoms with E-state index in [4.69, 9.17) is 10.5 Å². The van der Waals surface area contributed by atoms with Crippen LogP contribution in [0.3, 0.4) is 0 Å². The highest BCUT2D eigenvalue weighted by atomic mass is 19.4. The molecule has 0 amide bonds. The summed E-state index contributed by atoms with van der Waals surface area (Å²) >= 11 is 0. The lowest BCUT2D eigenvalue weighted by molar-refractivity contribution is -0.143. The summed E-state index contributed by atoms with van der Waals surface area (Å²) in [5.41, 5.74) is 6.11. The molecule has 0 spiro atoms. The SMILES string of the molecule is COCCc1c(CN)nnn1CC(F)(F)F. The zero-order valence-electron chi connectivity index (χ0n) is 8.79. The molecule has 0 unspecified atom stereocenters. The first kappa shape index (κ1) is 12.9. The molecule has 1 rings (SSSR count). The Morgan fingerprint density at radius 3 is 2.62 bits per heavy atom. The lowest BCUT2D eigenvalue weighted by Gasteiger charge is -2.09. The quantitative estimate of drug-likeness (QED) is 0.810. The van der Waals surface area contributed by atoms with Crippen LogP contribution >= 0.6 is 0 Å². The second-order valence-corrected chi connectivity index (χ2v) is 3.20. The third kappa shape index (κ3) is 3.46. The highest BCUT2D eigenvalue weighted by Gasteiger charge is 2.30. The van der Waals surface area contributed by atoms with E-state index in [1.165, 1.54) is 7.11 Å². The van der Waals surface area contributed by atoms with E-state index in [1.807, 2.05) is 0 Å². The Morgan fingerprint density at radius 1 is 1.44 bits per heavy atom. The van der Waals surface area contributed by atoms with Gasteiger partial charge in [-0.3, -0.25) is 0 Å². The Bertz CT molecular complexity index is 337. The zero-order chi connectivity index (χ0) is 12.2. The van der Waals surface area contributed by atoms with Crippen LogP contribution in [-0.4, -0.2) is 34.9 Å². The van der Waals surface area contributed by atoms with Crippen molar-refractivity contribution in [2.75, 3.05) is 13.7 Å². The smallest absolute Gasteiger partial charge is 0.384 e. The second-order valence-electron chi connectivity index (χ2n) is 3.20. The zero-order valence-corrected chi connectivity index (χ0v) is 8.79. The van der Waals surface area contributed by atoms with Crippen molar-refractivity contribution in [3.63, 3.8) is 0 Å². The van der Waals surface area contributed by atoms with Gasteiger partial charge in [-0.2, -0.15) is 13.2 Å². The predicted octanol–water partition coefficient (Wildman–Crippen LogP) is 0.488.